The Hall–Kier alpha value is -2.00. The number of quaternary nitrogens is 1. The number of methoxy groups -OCH3 is 1. The van der Waals surface area contributed by atoms with Crippen molar-refractivity contribution in [3.8, 4) is 11.5 Å². The maximum absolute atomic E-state index is 5.58. The molecule has 0 atom stereocenters. The van der Waals surface area contributed by atoms with Gasteiger partial charge in [-0.15, -0.1) is 0 Å². The average Bonchev–Trinajstić information content (AvgIpc) is 2.47. The molecule has 0 aliphatic carbocycles. The summed E-state index contributed by atoms with van der Waals surface area (Å²) in [5.41, 5.74) is 2.45. The number of benzene rings is 2. The molecule has 0 bridgehead atoms. The van der Waals surface area contributed by atoms with Gasteiger partial charge < -0.3 is 14.8 Å². The topological polar surface area (TPSA) is 35.1 Å². The van der Waals surface area contributed by atoms with Crippen LogP contribution in [0.15, 0.2) is 48.5 Å². The minimum absolute atomic E-state index is 0.641. The first kappa shape index (κ1) is 13.4. The summed E-state index contributed by atoms with van der Waals surface area (Å²) in [6.07, 6.45) is 0. The minimum Gasteiger partial charge on any atom is -0.493 e. The second-order valence-corrected chi connectivity index (χ2v) is 4.24. The molecule has 100 valence electrons. The van der Waals surface area contributed by atoms with Crippen molar-refractivity contribution in [1.82, 2.24) is 0 Å². The number of hydrogen-bond donors (Lipinski definition) is 1. The molecule has 0 unspecified atom stereocenters. The summed E-state index contributed by atoms with van der Waals surface area (Å²) >= 11 is 0. The lowest BCUT2D eigenvalue weighted by atomic mass is 10.2. The fraction of sp³-hybridized carbons (Fsp3) is 0.250. The Kier molecular flexibility index (Phi) is 4.81. The van der Waals surface area contributed by atoms with Crippen LogP contribution in [0.3, 0.4) is 0 Å². The Morgan fingerprint density at radius 1 is 1.00 bits per heavy atom. The number of para-hydroxylation sites is 1. The molecule has 19 heavy (non-hydrogen) atoms. The van der Waals surface area contributed by atoms with Crippen LogP contribution >= 0.6 is 0 Å². The van der Waals surface area contributed by atoms with Crippen molar-refractivity contribution in [3.05, 3.63) is 54.1 Å². The zero-order chi connectivity index (χ0) is 13.5. The highest BCUT2D eigenvalue weighted by Gasteiger charge is 2.06. The second kappa shape index (κ2) is 6.81. The van der Waals surface area contributed by atoms with Crippen LogP contribution in [0.5, 0.6) is 11.5 Å². The number of rotatable bonds is 6. The van der Waals surface area contributed by atoms with E-state index in [4.69, 9.17) is 9.47 Å². The van der Waals surface area contributed by atoms with Crippen LogP contribution in [0.4, 0.5) is 5.69 Å². The first-order valence-electron chi connectivity index (χ1n) is 6.51. The fourth-order valence-electron chi connectivity index (χ4n) is 1.94. The lowest BCUT2D eigenvalue weighted by molar-refractivity contribution is -0.588. The van der Waals surface area contributed by atoms with Crippen molar-refractivity contribution in [2.45, 2.75) is 13.5 Å². The predicted molar refractivity (Wildman–Crippen MR) is 75.9 cm³/mol. The summed E-state index contributed by atoms with van der Waals surface area (Å²) in [7, 11) is 1.66. The molecular weight excluding hydrogens is 238 g/mol. The smallest absolute Gasteiger partial charge is 0.161 e. The highest BCUT2D eigenvalue weighted by molar-refractivity contribution is 5.42. The van der Waals surface area contributed by atoms with Gasteiger partial charge in [0.1, 0.15) is 12.2 Å². The first-order valence-corrected chi connectivity index (χ1v) is 6.51. The molecule has 2 aromatic carbocycles. The maximum atomic E-state index is 5.58. The van der Waals surface area contributed by atoms with Crippen LogP contribution < -0.4 is 14.8 Å². The third-order valence-corrected chi connectivity index (χ3v) is 2.90. The summed E-state index contributed by atoms with van der Waals surface area (Å²) < 4.78 is 10.9. The van der Waals surface area contributed by atoms with Crippen molar-refractivity contribution < 1.29 is 14.8 Å². The normalized spacial score (nSPS) is 10.2. The molecule has 0 aliphatic heterocycles. The Morgan fingerprint density at radius 2 is 1.79 bits per heavy atom. The van der Waals surface area contributed by atoms with Gasteiger partial charge in [-0.25, -0.2) is 0 Å². The molecule has 0 aliphatic rings. The molecule has 0 saturated heterocycles. The van der Waals surface area contributed by atoms with Crippen molar-refractivity contribution >= 4 is 5.69 Å². The van der Waals surface area contributed by atoms with Gasteiger partial charge in [0.25, 0.3) is 0 Å². The molecule has 0 aromatic heterocycles. The van der Waals surface area contributed by atoms with E-state index in [0.29, 0.717) is 6.61 Å². The van der Waals surface area contributed by atoms with Gasteiger partial charge in [0.2, 0.25) is 0 Å². The van der Waals surface area contributed by atoms with Crippen LogP contribution in [0.25, 0.3) is 0 Å². The summed E-state index contributed by atoms with van der Waals surface area (Å²) in [6, 6.07) is 16.4. The van der Waals surface area contributed by atoms with Gasteiger partial charge in [0.05, 0.1) is 13.7 Å². The molecule has 2 rings (SSSR count). The van der Waals surface area contributed by atoms with Crippen LogP contribution in [0, 0.1) is 0 Å². The zero-order valence-corrected chi connectivity index (χ0v) is 11.4. The summed E-state index contributed by atoms with van der Waals surface area (Å²) in [4.78, 5) is 0. The molecule has 0 heterocycles. The van der Waals surface area contributed by atoms with Crippen LogP contribution in [-0.2, 0) is 6.54 Å². The fourth-order valence-corrected chi connectivity index (χ4v) is 1.94. The van der Waals surface area contributed by atoms with Crippen molar-refractivity contribution in [2.75, 3.05) is 13.7 Å². The summed E-state index contributed by atoms with van der Waals surface area (Å²) in [5.74, 6) is 1.59. The Labute approximate surface area is 114 Å². The Bertz CT molecular complexity index is 511. The second-order valence-electron chi connectivity index (χ2n) is 4.24. The number of ether oxygens (including phenoxy) is 2. The third-order valence-electron chi connectivity index (χ3n) is 2.90. The predicted octanol–water partition coefficient (Wildman–Crippen LogP) is 2.49. The van der Waals surface area contributed by atoms with E-state index in [1.54, 1.807) is 7.11 Å². The number of nitrogens with two attached hydrogens (primary N) is 1. The monoisotopic (exact) mass is 258 g/mol. The van der Waals surface area contributed by atoms with E-state index >= 15 is 0 Å². The molecule has 2 aromatic rings. The standard InChI is InChI=1S/C16H19NO2/c1-3-19-16-11-13(9-10-15(16)18-2)12-17-14-7-5-4-6-8-14/h4-11,17H,3,12H2,1-2H3/p+1. The lowest BCUT2D eigenvalue weighted by Gasteiger charge is -2.10. The van der Waals surface area contributed by atoms with E-state index in [-0.39, 0.29) is 0 Å². The Morgan fingerprint density at radius 3 is 2.47 bits per heavy atom. The van der Waals surface area contributed by atoms with E-state index in [9.17, 15) is 0 Å². The van der Waals surface area contributed by atoms with Crippen LogP contribution in [-0.4, -0.2) is 13.7 Å². The molecule has 2 N–H and O–H groups in total. The molecule has 0 fully saturated rings. The summed E-state index contributed by atoms with van der Waals surface area (Å²) in [5, 5.41) is 2.21. The molecule has 0 saturated carbocycles. The van der Waals surface area contributed by atoms with Gasteiger partial charge in [-0.2, -0.15) is 0 Å². The van der Waals surface area contributed by atoms with Crippen LogP contribution in [0.1, 0.15) is 12.5 Å². The van der Waals surface area contributed by atoms with Crippen molar-refractivity contribution in [3.63, 3.8) is 0 Å². The minimum atomic E-state index is 0.641. The van der Waals surface area contributed by atoms with Gasteiger partial charge >= 0.3 is 0 Å². The molecule has 0 amide bonds. The molecular formula is C16H20NO2+. The third kappa shape index (κ3) is 3.73. The average molecular weight is 258 g/mol. The molecule has 0 radical (unpaired) electrons. The van der Waals surface area contributed by atoms with Gasteiger partial charge in [0, 0.05) is 5.56 Å². The largest absolute Gasteiger partial charge is 0.493 e. The van der Waals surface area contributed by atoms with Crippen molar-refractivity contribution in [1.29, 1.82) is 0 Å². The van der Waals surface area contributed by atoms with Crippen molar-refractivity contribution in [2.24, 2.45) is 0 Å². The van der Waals surface area contributed by atoms with E-state index in [1.807, 2.05) is 37.3 Å². The first-order chi connectivity index (χ1) is 9.33. The van der Waals surface area contributed by atoms with Gasteiger partial charge in [-0.1, -0.05) is 18.2 Å². The van der Waals surface area contributed by atoms with Gasteiger partial charge in [0.15, 0.2) is 11.5 Å². The van der Waals surface area contributed by atoms with Gasteiger partial charge in [-0.05, 0) is 37.3 Å². The molecule has 3 heteroatoms. The van der Waals surface area contributed by atoms with E-state index in [0.717, 1.165) is 18.0 Å². The Balaban J connectivity index is 2.06. The highest BCUT2D eigenvalue weighted by atomic mass is 16.5. The quantitative estimate of drug-likeness (QED) is 0.808. The highest BCUT2D eigenvalue weighted by Crippen LogP contribution is 2.27. The zero-order valence-electron chi connectivity index (χ0n) is 11.4. The SMILES string of the molecule is CCOc1cc(C[NH2+]c2ccccc2)ccc1OC. The van der Waals surface area contributed by atoms with E-state index in [2.05, 4.69) is 23.5 Å². The molecule has 0 spiro atoms. The van der Waals surface area contributed by atoms with E-state index < -0.39 is 0 Å². The molecule has 3 nitrogen and oxygen atoms in total. The maximum Gasteiger partial charge on any atom is 0.161 e. The number of hydrogen-bond acceptors (Lipinski definition) is 2. The summed E-state index contributed by atoms with van der Waals surface area (Å²) in [6.45, 7) is 3.50. The van der Waals surface area contributed by atoms with Gasteiger partial charge in [-0.3, -0.25) is 0 Å². The van der Waals surface area contributed by atoms with E-state index in [1.165, 1.54) is 11.3 Å². The van der Waals surface area contributed by atoms with Crippen LogP contribution in [0.2, 0.25) is 0 Å². The lowest BCUT2D eigenvalue weighted by Crippen LogP contribution is -2.76.